The Bertz CT molecular complexity index is 1620. The summed E-state index contributed by atoms with van der Waals surface area (Å²) in [6.07, 6.45) is -5.32. The summed E-state index contributed by atoms with van der Waals surface area (Å²) in [5.74, 6) is -5.30. The quantitative estimate of drug-likeness (QED) is 0.326. The van der Waals surface area contributed by atoms with Gasteiger partial charge in [-0.25, -0.2) is 27.7 Å². The summed E-state index contributed by atoms with van der Waals surface area (Å²) in [4.78, 5) is 36.7. The maximum absolute atomic E-state index is 14.9. The largest absolute Gasteiger partial charge is 0.480 e. The Morgan fingerprint density at radius 3 is 2.52 bits per heavy atom. The van der Waals surface area contributed by atoms with Crippen molar-refractivity contribution >= 4 is 23.1 Å². The first-order valence-corrected chi connectivity index (χ1v) is 14.3. The van der Waals surface area contributed by atoms with Gasteiger partial charge >= 0.3 is 6.18 Å². The van der Waals surface area contributed by atoms with Crippen LogP contribution >= 0.6 is 0 Å². The number of halogens is 6. The number of nitrogens with two attached hydrogens (primary N) is 1. The van der Waals surface area contributed by atoms with Crippen molar-refractivity contribution in [1.82, 2.24) is 34.7 Å². The number of ether oxygens (including phenoxy) is 1. The predicted molar refractivity (Wildman–Crippen MR) is 151 cm³/mol. The third-order valence-corrected chi connectivity index (χ3v) is 8.33. The number of anilines is 1. The summed E-state index contributed by atoms with van der Waals surface area (Å²) >= 11 is 0. The molecule has 18 heteroatoms. The highest BCUT2D eigenvalue weighted by Crippen LogP contribution is 2.34. The molecule has 2 aliphatic rings. The average Bonchev–Trinajstić information content (AvgIpc) is 3.37. The van der Waals surface area contributed by atoms with E-state index in [9.17, 15) is 41.0 Å². The minimum absolute atomic E-state index is 0.132. The molecule has 3 aromatic heterocycles. The molecule has 2 fully saturated rings. The monoisotopic (exact) mass is 658 g/mol. The number of aromatic nitrogens is 4. The topological polar surface area (TPSA) is 151 Å². The molecule has 46 heavy (non-hydrogen) atoms. The summed E-state index contributed by atoms with van der Waals surface area (Å²) in [5, 5.41) is 16.5. The number of alkyl halides is 6. The van der Waals surface area contributed by atoms with Crippen LogP contribution < -0.4 is 15.8 Å². The van der Waals surface area contributed by atoms with Crippen molar-refractivity contribution < 1.29 is 45.8 Å². The van der Waals surface area contributed by atoms with Gasteiger partial charge in [-0.3, -0.25) is 14.5 Å². The highest BCUT2D eigenvalue weighted by atomic mass is 19.4. The first-order valence-electron chi connectivity index (χ1n) is 14.3. The molecule has 3 aromatic rings. The molecular weight excluding hydrogens is 626 g/mol. The van der Waals surface area contributed by atoms with Gasteiger partial charge in [0.1, 0.15) is 23.6 Å². The number of fused-ring (bicyclic) bond motifs is 1. The number of carbonyl (C=O) groups excluding carboxylic acids is 2. The van der Waals surface area contributed by atoms with Crippen molar-refractivity contribution in [2.24, 2.45) is 0 Å². The summed E-state index contributed by atoms with van der Waals surface area (Å²) in [7, 11) is 1.25. The molecule has 5 heterocycles. The zero-order valence-corrected chi connectivity index (χ0v) is 24.8. The standard InChI is InChI=1S/C28H32F6N8O4/c1-26(45,28(32,33)34)25(44)41-6-3-18(29)19(13-41)39-23(43)17-9-15(11-36-24(17)46-2)20-10-16(21-22(35)37-14-38-42(20)21)12-40-7-4-27(30,31)5-8-40/h9-11,14,18-19,45H,3-8,12-13H2,1-2H3,(H,39,43)(H2,35,37,38)/t18?,19?,26-/m1/s1. The van der Waals surface area contributed by atoms with Gasteiger partial charge in [0.15, 0.2) is 5.82 Å². The van der Waals surface area contributed by atoms with E-state index in [-0.39, 0.29) is 56.2 Å². The molecule has 4 N–H and O–H groups in total. The van der Waals surface area contributed by atoms with Crippen molar-refractivity contribution in [1.29, 1.82) is 0 Å². The van der Waals surface area contributed by atoms with Gasteiger partial charge < -0.3 is 25.8 Å². The minimum atomic E-state index is -5.27. The molecule has 2 saturated heterocycles. The lowest BCUT2D eigenvalue weighted by Crippen LogP contribution is -2.62. The molecule has 0 radical (unpaired) electrons. The zero-order chi connectivity index (χ0) is 33.6. The van der Waals surface area contributed by atoms with Gasteiger partial charge in [0.2, 0.25) is 11.5 Å². The fourth-order valence-corrected chi connectivity index (χ4v) is 5.59. The second-order valence-electron chi connectivity index (χ2n) is 11.6. The van der Waals surface area contributed by atoms with E-state index in [0.29, 0.717) is 34.2 Å². The number of carbonyl (C=O) groups is 2. The molecule has 0 spiro atoms. The van der Waals surface area contributed by atoms with E-state index in [4.69, 9.17) is 10.5 Å². The molecule has 0 bridgehead atoms. The van der Waals surface area contributed by atoms with E-state index in [0.717, 1.165) is 0 Å². The van der Waals surface area contributed by atoms with E-state index < -0.39 is 54.8 Å². The summed E-state index contributed by atoms with van der Waals surface area (Å²) in [5.41, 5.74) is 4.14. The molecular formula is C28H32F6N8O4. The van der Waals surface area contributed by atoms with Gasteiger partial charge in [-0.1, -0.05) is 0 Å². The van der Waals surface area contributed by atoms with Gasteiger partial charge in [-0.15, -0.1) is 0 Å². The Morgan fingerprint density at radius 2 is 1.87 bits per heavy atom. The maximum Gasteiger partial charge on any atom is 0.426 e. The number of hydrogen-bond donors (Lipinski definition) is 3. The van der Waals surface area contributed by atoms with Gasteiger partial charge in [-0.2, -0.15) is 18.3 Å². The number of nitrogens with zero attached hydrogens (tertiary/aromatic N) is 6. The van der Waals surface area contributed by atoms with Crippen LogP contribution in [0.1, 0.15) is 42.1 Å². The summed E-state index contributed by atoms with van der Waals surface area (Å²) in [6, 6.07) is 1.69. The van der Waals surface area contributed by atoms with Crippen LogP contribution in [0.5, 0.6) is 5.88 Å². The Morgan fingerprint density at radius 1 is 1.17 bits per heavy atom. The van der Waals surface area contributed by atoms with E-state index in [1.165, 1.54) is 30.2 Å². The summed E-state index contributed by atoms with van der Waals surface area (Å²) < 4.78 is 88.9. The highest BCUT2D eigenvalue weighted by Gasteiger charge is 2.57. The number of nitrogens with one attached hydrogen (secondary N) is 1. The number of nitrogen functional groups attached to an aromatic ring is 1. The third kappa shape index (κ3) is 6.40. The molecule has 0 aliphatic carbocycles. The normalized spacial score (nSPS) is 22.0. The van der Waals surface area contributed by atoms with Crippen molar-refractivity contribution in [3.8, 4) is 17.1 Å². The Hall–Kier alpha value is -4.19. The fourth-order valence-electron chi connectivity index (χ4n) is 5.59. The molecule has 250 valence electrons. The van der Waals surface area contributed by atoms with Crippen LogP contribution in [0, 0.1) is 0 Å². The van der Waals surface area contributed by atoms with E-state index in [1.807, 2.05) is 4.90 Å². The van der Waals surface area contributed by atoms with Gasteiger partial charge in [0.05, 0.1) is 18.8 Å². The highest BCUT2D eigenvalue weighted by molar-refractivity contribution is 5.98. The first-order chi connectivity index (χ1) is 21.5. The number of aliphatic hydroxyl groups is 1. The van der Waals surface area contributed by atoms with Crippen LogP contribution in [-0.2, 0) is 11.3 Å². The fraction of sp³-hybridized carbons (Fsp3) is 0.536. The second kappa shape index (κ2) is 12.2. The van der Waals surface area contributed by atoms with Gasteiger partial charge in [0.25, 0.3) is 17.7 Å². The van der Waals surface area contributed by atoms with E-state index in [1.54, 1.807) is 6.07 Å². The zero-order valence-electron chi connectivity index (χ0n) is 24.8. The maximum atomic E-state index is 14.9. The van der Waals surface area contributed by atoms with Crippen LogP contribution in [0.2, 0.25) is 0 Å². The molecule has 2 unspecified atom stereocenters. The molecule has 2 amide bonds. The molecule has 5 rings (SSSR count). The van der Waals surface area contributed by atoms with Gasteiger partial charge in [0, 0.05) is 57.3 Å². The smallest absolute Gasteiger partial charge is 0.426 e. The third-order valence-electron chi connectivity index (χ3n) is 8.33. The second-order valence-corrected chi connectivity index (χ2v) is 11.6. The number of pyridine rings is 1. The van der Waals surface area contributed by atoms with Crippen LogP contribution in [0.25, 0.3) is 16.8 Å². The summed E-state index contributed by atoms with van der Waals surface area (Å²) in [6.45, 7) is -0.118. The van der Waals surface area contributed by atoms with E-state index >= 15 is 0 Å². The van der Waals surface area contributed by atoms with Crippen LogP contribution in [-0.4, -0.2) is 110 Å². The lowest BCUT2D eigenvalue weighted by molar-refractivity contribution is -0.250. The van der Waals surface area contributed by atoms with Crippen LogP contribution in [0.4, 0.5) is 32.2 Å². The number of methoxy groups -OCH3 is 1. The lowest BCUT2D eigenvalue weighted by atomic mass is 9.98. The number of piperidine rings is 2. The number of likely N-dealkylation sites (tertiary alicyclic amines) is 2. The van der Waals surface area contributed by atoms with Crippen molar-refractivity contribution in [3.05, 3.63) is 35.8 Å². The van der Waals surface area contributed by atoms with Gasteiger partial charge in [-0.05, 0) is 31.0 Å². The number of amides is 2. The number of hydrogen-bond acceptors (Lipinski definition) is 9. The van der Waals surface area contributed by atoms with Crippen molar-refractivity contribution in [2.45, 2.75) is 62.6 Å². The Kier molecular flexibility index (Phi) is 8.80. The molecule has 2 aliphatic heterocycles. The Balaban J connectivity index is 1.42. The van der Waals surface area contributed by atoms with Crippen molar-refractivity contribution in [3.63, 3.8) is 0 Å². The Labute approximate surface area is 258 Å². The minimum Gasteiger partial charge on any atom is -0.480 e. The lowest BCUT2D eigenvalue weighted by Gasteiger charge is -2.39. The number of rotatable bonds is 7. The molecule has 3 atom stereocenters. The van der Waals surface area contributed by atoms with Crippen LogP contribution in [0.3, 0.4) is 0 Å². The average molecular weight is 659 g/mol. The van der Waals surface area contributed by atoms with E-state index in [2.05, 4.69) is 20.4 Å². The SMILES string of the molecule is COc1ncc(-c2cc(CN3CCC(F)(F)CC3)c3c(N)ncnn23)cc1C(=O)NC1CN(C(=O)[C@@](C)(O)C(F)(F)F)CCC1F. The predicted octanol–water partition coefficient (Wildman–Crippen LogP) is 2.60. The van der Waals surface area contributed by atoms with Crippen molar-refractivity contribution in [2.75, 3.05) is 39.0 Å². The molecule has 12 nitrogen and oxygen atoms in total. The van der Waals surface area contributed by atoms with Crippen LogP contribution in [0.15, 0.2) is 24.7 Å². The molecule has 0 aromatic carbocycles. The molecule has 0 saturated carbocycles. The first kappa shape index (κ1) is 33.2.